The van der Waals surface area contributed by atoms with E-state index in [1.807, 2.05) is 18.2 Å². The molecule has 1 aliphatic heterocycles. The zero-order valence-electron chi connectivity index (χ0n) is 17.3. The van der Waals surface area contributed by atoms with Crippen LogP contribution in [0.15, 0.2) is 42.5 Å². The average Bonchev–Trinajstić information content (AvgIpc) is 3.20. The Morgan fingerprint density at radius 3 is 2.81 bits per heavy atom. The first-order valence-corrected chi connectivity index (χ1v) is 11.2. The van der Waals surface area contributed by atoms with Gasteiger partial charge >= 0.3 is 0 Å². The molecule has 6 nitrogen and oxygen atoms in total. The van der Waals surface area contributed by atoms with Crippen molar-refractivity contribution in [2.24, 2.45) is 0 Å². The van der Waals surface area contributed by atoms with E-state index in [9.17, 15) is 4.79 Å². The normalized spacial score (nSPS) is 14.3. The Hall–Kier alpha value is -1.90. The number of halogens is 2. The standard InChI is InChI=1S/C22H24ClN3O3S.ClH/c1-28-18-6-7-19-20(15-18)30-22(24-19)26(9-3-8-25-10-12-29-13-11-25)21(27)16-4-2-5-17(23)14-16;/h2,4-7,14-15H,3,8-13H2,1H3;1H. The van der Waals surface area contributed by atoms with Crippen LogP contribution in [0, 0.1) is 0 Å². The third-order valence-electron chi connectivity index (χ3n) is 5.09. The smallest absolute Gasteiger partial charge is 0.260 e. The molecule has 1 aliphatic rings. The van der Waals surface area contributed by atoms with E-state index in [1.54, 1.807) is 36.3 Å². The van der Waals surface area contributed by atoms with Gasteiger partial charge in [0.05, 0.1) is 30.5 Å². The molecule has 3 aromatic rings. The fourth-order valence-electron chi connectivity index (χ4n) is 3.47. The Labute approximate surface area is 197 Å². The molecule has 1 fully saturated rings. The lowest BCUT2D eigenvalue weighted by Crippen LogP contribution is -2.39. The van der Waals surface area contributed by atoms with Gasteiger partial charge < -0.3 is 9.47 Å². The van der Waals surface area contributed by atoms with E-state index in [2.05, 4.69) is 4.90 Å². The molecule has 0 spiro atoms. The number of carbonyl (C=O) groups is 1. The lowest BCUT2D eigenvalue weighted by molar-refractivity contribution is 0.0376. The van der Waals surface area contributed by atoms with Crippen LogP contribution in [0.2, 0.25) is 5.02 Å². The maximum Gasteiger partial charge on any atom is 0.260 e. The minimum Gasteiger partial charge on any atom is -0.497 e. The van der Waals surface area contributed by atoms with E-state index >= 15 is 0 Å². The minimum atomic E-state index is -0.0921. The topological polar surface area (TPSA) is 54.9 Å². The summed E-state index contributed by atoms with van der Waals surface area (Å²) in [7, 11) is 1.64. The third-order valence-corrected chi connectivity index (χ3v) is 6.37. The number of morpholine rings is 1. The van der Waals surface area contributed by atoms with Crippen molar-refractivity contribution < 1.29 is 14.3 Å². The van der Waals surface area contributed by atoms with Gasteiger partial charge in [-0.15, -0.1) is 12.4 Å². The molecular formula is C22H25Cl2N3O3S. The van der Waals surface area contributed by atoms with E-state index in [0.717, 1.165) is 55.2 Å². The number of ether oxygens (including phenoxy) is 2. The Kier molecular flexibility index (Phi) is 8.51. The molecular weight excluding hydrogens is 457 g/mol. The van der Waals surface area contributed by atoms with Crippen molar-refractivity contribution >= 4 is 56.6 Å². The van der Waals surface area contributed by atoms with Crippen LogP contribution in [-0.4, -0.2) is 62.3 Å². The first-order chi connectivity index (χ1) is 14.6. The minimum absolute atomic E-state index is 0. The molecule has 0 bridgehead atoms. The lowest BCUT2D eigenvalue weighted by atomic mass is 10.2. The van der Waals surface area contributed by atoms with Crippen molar-refractivity contribution in [2.75, 3.05) is 51.4 Å². The molecule has 1 aromatic heterocycles. The summed E-state index contributed by atoms with van der Waals surface area (Å²) >= 11 is 7.62. The summed E-state index contributed by atoms with van der Waals surface area (Å²) in [5.41, 5.74) is 1.42. The van der Waals surface area contributed by atoms with Crippen LogP contribution in [0.3, 0.4) is 0 Å². The van der Waals surface area contributed by atoms with Crippen molar-refractivity contribution in [3.05, 3.63) is 53.1 Å². The van der Waals surface area contributed by atoms with Gasteiger partial charge in [0.15, 0.2) is 5.13 Å². The highest BCUT2D eigenvalue weighted by Crippen LogP contribution is 2.32. The van der Waals surface area contributed by atoms with E-state index in [1.165, 1.54) is 11.3 Å². The Balaban J connectivity index is 0.00000272. The number of amides is 1. The summed E-state index contributed by atoms with van der Waals surface area (Å²) in [6.07, 6.45) is 0.853. The van der Waals surface area contributed by atoms with Crippen LogP contribution < -0.4 is 9.64 Å². The summed E-state index contributed by atoms with van der Waals surface area (Å²) in [5, 5.41) is 1.23. The molecule has 0 unspecified atom stereocenters. The van der Waals surface area contributed by atoms with Crippen molar-refractivity contribution in [3.8, 4) is 5.75 Å². The summed E-state index contributed by atoms with van der Waals surface area (Å²) < 4.78 is 11.7. The second-order valence-corrected chi connectivity index (χ2v) is 8.55. The van der Waals surface area contributed by atoms with E-state index < -0.39 is 0 Å². The van der Waals surface area contributed by atoms with Crippen molar-refractivity contribution in [3.63, 3.8) is 0 Å². The van der Waals surface area contributed by atoms with Crippen LogP contribution in [0.4, 0.5) is 5.13 Å². The third kappa shape index (κ3) is 5.87. The largest absolute Gasteiger partial charge is 0.497 e. The Morgan fingerprint density at radius 2 is 2.06 bits per heavy atom. The van der Waals surface area contributed by atoms with E-state index in [0.29, 0.717) is 22.3 Å². The predicted molar refractivity (Wildman–Crippen MR) is 128 cm³/mol. The molecule has 4 rings (SSSR count). The summed E-state index contributed by atoms with van der Waals surface area (Å²) in [6, 6.07) is 12.8. The molecule has 31 heavy (non-hydrogen) atoms. The molecule has 0 saturated carbocycles. The van der Waals surface area contributed by atoms with Gasteiger partial charge in [0.25, 0.3) is 5.91 Å². The number of carbonyl (C=O) groups excluding carboxylic acids is 1. The van der Waals surface area contributed by atoms with Gasteiger partial charge in [-0.1, -0.05) is 29.0 Å². The molecule has 1 amide bonds. The van der Waals surface area contributed by atoms with Crippen LogP contribution >= 0.6 is 35.3 Å². The van der Waals surface area contributed by atoms with Gasteiger partial charge in [-0.3, -0.25) is 14.6 Å². The lowest BCUT2D eigenvalue weighted by Gasteiger charge is -2.27. The first kappa shape index (κ1) is 23.8. The maximum absolute atomic E-state index is 13.4. The van der Waals surface area contributed by atoms with Gasteiger partial charge in [-0.05, 0) is 42.8 Å². The van der Waals surface area contributed by atoms with Crippen LogP contribution in [0.5, 0.6) is 5.75 Å². The number of nitrogens with zero attached hydrogens (tertiary/aromatic N) is 3. The Morgan fingerprint density at radius 1 is 1.26 bits per heavy atom. The highest BCUT2D eigenvalue weighted by atomic mass is 35.5. The van der Waals surface area contributed by atoms with Gasteiger partial charge in [0, 0.05) is 36.8 Å². The summed E-state index contributed by atoms with van der Waals surface area (Å²) in [5.74, 6) is 0.684. The van der Waals surface area contributed by atoms with Gasteiger partial charge in [-0.2, -0.15) is 0 Å². The second-order valence-electron chi connectivity index (χ2n) is 7.10. The number of thiazole rings is 1. The first-order valence-electron chi connectivity index (χ1n) is 9.96. The molecule has 0 radical (unpaired) electrons. The molecule has 0 atom stereocenters. The van der Waals surface area contributed by atoms with Gasteiger partial charge in [0.2, 0.25) is 0 Å². The maximum atomic E-state index is 13.4. The van der Waals surface area contributed by atoms with Crippen LogP contribution in [0.25, 0.3) is 10.2 Å². The molecule has 2 aromatic carbocycles. The Bertz CT molecular complexity index is 1020. The highest BCUT2D eigenvalue weighted by molar-refractivity contribution is 7.22. The SMILES string of the molecule is COc1ccc2nc(N(CCCN3CCOCC3)C(=O)c3cccc(Cl)c3)sc2c1.Cl. The predicted octanol–water partition coefficient (Wildman–Crippen LogP) is 4.75. The van der Waals surface area contributed by atoms with Gasteiger partial charge in [0.1, 0.15) is 5.75 Å². The summed E-state index contributed by atoms with van der Waals surface area (Å²) in [4.78, 5) is 22.2. The molecule has 0 aliphatic carbocycles. The van der Waals surface area contributed by atoms with E-state index in [4.69, 9.17) is 26.1 Å². The molecule has 9 heteroatoms. The second kappa shape index (κ2) is 11.1. The highest BCUT2D eigenvalue weighted by Gasteiger charge is 2.22. The number of aromatic nitrogens is 1. The number of anilines is 1. The fraction of sp³-hybridized carbons (Fsp3) is 0.364. The van der Waals surface area contributed by atoms with E-state index in [-0.39, 0.29) is 18.3 Å². The quantitative estimate of drug-likeness (QED) is 0.487. The molecule has 166 valence electrons. The average molecular weight is 482 g/mol. The number of fused-ring (bicyclic) bond motifs is 1. The van der Waals surface area contributed by atoms with Crippen LogP contribution in [0.1, 0.15) is 16.8 Å². The van der Waals surface area contributed by atoms with Crippen molar-refractivity contribution in [2.45, 2.75) is 6.42 Å². The van der Waals surface area contributed by atoms with Crippen LogP contribution in [-0.2, 0) is 4.74 Å². The monoisotopic (exact) mass is 481 g/mol. The molecule has 1 saturated heterocycles. The summed E-state index contributed by atoms with van der Waals surface area (Å²) in [6.45, 7) is 4.91. The van der Waals surface area contributed by atoms with Crippen molar-refractivity contribution in [1.82, 2.24) is 9.88 Å². The number of methoxy groups -OCH3 is 1. The number of hydrogen-bond acceptors (Lipinski definition) is 6. The fourth-order valence-corrected chi connectivity index (χ4v) is 4.68. The molecule has 0 N–H and O–H groups in total. The van der Waals surface area contributed by atoms with Gasteiger partial charge in [-0.25, -0.2) is 4.98 Å². The zero-order chi connectivity index (χ0) is 20.9. The number of rotatable bonds is 7. The zero-order valence-corrected chi connectivity index (χ0v) is 19.6. The number of benzene rings is 2. The number of hydrogen-bond donors (Lipinski definition) is 0. The van der Waals surface area contributed by atoms with Crippen molar-refractivity contribution in [1.29, 1.82) is 0 Å². The molecule has 2 heterocycles.